The van der Waals surface area contributed by atoms with Gasteiger partial charge in [-0.05, 0) is 93.9 Å². The molecule has 0 aromatic carbocycles. The molecule has 3 nitrogen and oxygen atoms in total. The summed E-state index contributed by atoms with van der Waals surface area (Å²) in [7, 11) is 0. The molecule has 0 spiro atoms. The highest BCUT2D eigenvalue weighted by Gasteiger charge is 2.60. The molecule has 6 atom stereocenters. The van der Waals surface area contributed by atoms with Gasteiger partial charge in [0.2, 0.25) is 0 Å². The van der Waals surface area contributed by atoms with E-state index in [1.807, 2.05) is 0 Å². The maximum Gasteiger partial charge on any atom is 0.139 e. The number of carbonyl (C=O) groups is 1. The van der Waals surface area contributed by atoms with Crippen molar-refractivity contribution in [1.29, 1.82) is 0 Å². The molecular formula is C27H40N2O. The van der Waals surface area contributed by atoms with Crippen LogP contribution >= 0.6 is 0 Å². The Kier molecular flexibility index (Phi) is 4.54. The summed E-state index contributed by atoms with van der Waals surface area (Å²) in [4.78, 5) is 18.4. The second-order valence-corrected chi connectivity index (χ2v) is 11.8. The van der Waals surface area contributed by atoms with Crippen LogP contribution in [-0.2, 0) is 4.79 Å². The van der Waals surface area contributed by atoms with E-state index in [9.17, 15) is 4.79 Å². The Bertz CT molecular complexity index is 787. The molecule has 2 heterocycles. The molecule has 0 N–H and O–H groups in total. The van der Waals surface area contributed by atoms with Gasteiger partial charge in [-0.3, -0.25) is 9.69 Å². The Morgan fingerprint density at radius 1 is 0.967 bits per heavy atom. The van der Waals surface area contributed by atoms with Gasteiger partial charge in [-0.15, -0.1) is 0 Å². The van der Waals surface area contributed by atoms with E-state index >= 15 is 0 Å². The average molecular weight is 409 g/mol. The fourth-order valence-corrected chi connectivity index (χ4v) is 8.92. The topological polar surface area (TPSA) is 23.6 Å². The van der Waals surface area contributed by atoms with Crippen LogP contribution in [0.15, 0.2) is 23.4 Å². The van der Waals surface area contributed by atoms with Crippen LogP contribution in [-0.4, -0.2) is 47.8 Å². The summed E-state index contributed by atoms with van der Waals surface area (Å²) in [6.45, 7) is 10.0. The molecule has 0 aromatic heterocycles. The van der Waals surface area contributed by atoms with Crippen LogP contribution in [0.4, 0.5) is 0 Å². The molecule has 0 bridgehead atoms. The smallest absolute Gasteiger partial charge is 0.139 e. The molecule has 0 amide bonds. The third kappa shape index (κ3) is 2.63. The summed E-state index contributed by atoms with van der Waals surface area (Å²) in [5.74, 6) is 2.67. The molecule has 4 fully saturated rings. The van der Waals surface area contributed by atoms with Gasteiger partial charge in [0.25, 0.3) is 0 Å². The van der Waals surface area contributed by atoms with Gasteiger partial charge in [0.1, 0.15) is 5.78 Å². The molecule has 3 heteroatoms. The molecule has 0 aromatic rings. The zero-order chi connectivity index (χ0) is 20.5. The van der Waals surface area contributed by atoms with E-state index in [2.05, 4.69) is 35.8 Å². The van der Waals surface area contributed by atoms with Crippen LogP contribution in [0.1, 0.15) is 78.1 Å². The molecule has 164 valence electrons. The number of fused-ring (bicyclic) bond motifs is 5. The standard InChI is InChI=1S/C27H40N2O/c1-26-12-11-23-21(22(26)9-10-25(26)30)8-7-19-17-20(28-13-3-4-14-28)18-24(27(19,23)2)29-15-5-6-16-29/h7,17,21-24H,3-6,8-16,18H2,1-2H3/t21?,22?,23?,24-,26-,27-/m0/s1. The molecule has 6 aliphatic rings. The molecule has 3 unspecified atom stereocenters. The van der Waals surface area contributed by atoms with E-state index in [1.165, 1.54) is 71.1 Å². The van der Waals surface area contributed by atoms with Crippen LogP contribution in [0.5, 0.6) is 0 Å². The second-order valence-electron chi connectivity index (χ2n) is 11.8. The summed E-state index contributed by atoms with van der Waals surface area (Å²) in [6.07, 6.45) is 17.6. The fraction of sp³-hybridized carbons (Fsp3) is 0.815. The van der Waals surface area contributed by atoms with Gasteiger partial charge in [0.15, 0.2) is 0 Å². The van der Waals surface area contributed by atoms with E-state index in [1.54, 1.807) is 11.3 Å². The zero-order valence-corrected chi connectivity index (χ0v) is 19.2. The predicted molar refractivity (Wildman–Crippen MR) is 121 cm³/mol. The van der Waals surface area contributed by atoms with E-state index in [0.29, 0.717) is 17.7 Å². The number of hydrogen-bond donors (Lipinski definition) is 0. The number of hydrogen-bond acceptors (Lipinski definition) is 3. The van der Waals surface area contributed by atoms with Crippen LogP contribution in [0.3, 0.4) is 0 Å². The van der Waals surface area contributed by atoms with E-state index in [-0.39, 0.29) is 10.8 Å². The highest BCUT2D eigenvalue weighted by atomic mass is 16.1. The van der Waals surface area contributed by atoms with Crippen molar-refractivity contribution in [1.82, 2.24) is 9.80 Å². The highest BCUT2D eigenvalue weighted by molar-refractivity contribution is 5.87. The molecule has 2 aliphatic heterocycles. The molecule has 0 radical (unpaired) electrons. The summed E-state index contributed by atoms with van der Waals surface area (Å²) in [6, 6.07) is 0.654. The van der Waals surface area contributed by atoms with Gasteiger partial charge in [-0.1, -0.05) is 19.9 Å². The molecule has 2 saturated carbocycles. The summed E-state index contributed by atoms with van der Waals surface area (Å²) >= 11 is 0. The Morgan fingerprint density at radius 3 is 2.47 bits per heavy atom. The second kappa shape index (κ2) is 6.95. The number of Topliss-reactive ketones (excluding diaryl/α,β-unsaturated/α-hetero) is 1. The largest absolute Gasteiger partial charge is 0.375 e. The average Bonchev–Trinajstić information content (AvgIpc) is 3.49. The first-order valence-corrected chi connectivity index (χ1v) is 13.0. The van der Waals surface area contributed by atoms with Crippen molar-refractivity contribution in [3.8, 4) is 0 Å². The molecule has 4 aliphatic carbocycles. The quantitative estimate of drug-likeness (QED) is 0.629. The molecule has 30 heavy (non-hydrogen) atoms. The number of allylic oxidation sites excluding steroid dienone is 2. The lowest BCUT2D eigenvalue weighted by Crippen LogP contribution is -2.58. The minimum Gasteiger partial charge on any atom is -0.375 e. The van der Waals surface area contributed by atoms with E-state index in [0.717, 1.165) is 31.1 Å². The number of likely N-dealkylation sites (tertiary alicyclic amines) is 2. The van der Waals surface area contributed by atoms with Crippen molar-refractivity contribution in [2.45, 2.75) is 84.1 Å². The lowest BCUT2D eigenvalue weighted by Gasteiger charge is -2.60. The van der Waals surface area contributed by atoms with Gasteiger partial charge in [-0.25, -0.2) is 0 Å². The Labute approximate surface area is 182 Å². The molecule has 6 rings (SSSR count). The minimum absolute atomic E-state index is 0.0166. The van der Waals surface area contributed by atoms with Gasteiger partial charge in [-0.2, -0.15) is 0 Å². The summed E-state index contributed by atoms with van der Waals surface area (Å²) in [5, 5.41) is 0. The van der Waals surface area contributed by atoms with Gasteiger partial charge < -0.3 is 4.90 Å². The van der Waals surface area contributed by atoms with Crippen molar-refractivity contribution in [2.75, 3.05) is 26.2 Å². The van der Waals surface area contributed by atoms with Gasteiger partial charge >= 0.3 is 0 Å². The minimum atomic E-state index is -0.0166. The first-order valence-electron chi connectivity index (χ1n) is 13.0. The SMILES string of the molecule is C[C@]12C(=CCC3C1CC[C@]1(C)C(=O)CCC31)C=C(N1CCCC1)C[C@@H]2N1CCCC1. The monoisotopic (exact) mass is 408 g/mol. The predicted octanol–water partition coefficient (Wildman–Crippen LogP) is 5.18. The Hall–Kier alpha value is -1.09. The third-order valence-corrected chi connectivity index (χ3v) is 10.7. The van der Waals surface area contributed by atoms with Gasteiger partial charge in [0, 0.05) is 48.5 Å². The van der Waals surface area contributed by atoms with Crippen molar-refractivity contribution in [3.63, 3.8) is 0 Å². The maximum atomic E-state index is 12.8. The Morgan fingerprint density at radius 2 is 1.70 bits per heavy atom. The number of ketones is 1. The van der Waals surface area contributed by atoms with Crippen molar-refractivity contribution in [3.05, 3.63) is 23.4 Å². The fourth-order valence-electron chi connectivity index (χ4n) is 8.92. The van der Waals surface area contributed by atoms with E-state index in [4.69, 9.17) is 0 Å². The first-order chi connectivity index (χ1) is 14.5. The van der Waals surface area contributed by atoms with Gasteiger partial charge in [0.05, 0.1) is 0 Å². The van der Waals surface area contributed by atoms with Crippen molar-refractivity contribution >= 4 is 5.78 Å². The first kappa shape index (κ1) is 19.6. The van der Waals surface area contributed by atoms with Crippen LogP contribution in [0, 0.1) is 28.6 Å². The number of nitrogens with zero attached hydrogens (tertiary/aromatic N) is 2. The Balaban J connectivity index is 1.40. The van der Waals surface area contributed by atoms with Crippen molar-refractivity contribution in [2.24, 2.45) is 28.6 Å². The lowest BCUT2D eigenvalue weighted by atomic mass is 9.47. The lowest BCUT2D eigenvalue weighted by molar-refractivity contribution is -0.132. The number of rotatable bonds is 2. The highest BCUT2D eigenvalue weighted by Crippen LogP contribution is 2.64. The molecule has 2 saturated heterocycles. The zero-order valence-electron chi connectivity index (χ0n) is 19.2. The third-order valence-electron chi connectivity index (χ3n) is 10.7. The maximum absolute atomic E-state index is 12.8. The summed E-state index contributed by atoms with van der Waals surface area (Å²) < 4.78 is 0. The van der Waals surface area contributed by atoms with Crippen molar-refractivity contribution < 1.29 is 4.79 Å². The number of carbonyl (C=O) groups excluding carboxylic acids is 1. The molecular weight excluding hydrogens is 368 g/mol. The van der Waals surface area contributed by atoms with E-state index < -0.39 is 0 Å². The van der Waals surface area contributed by atoms with Crippen LogP contribution < -0.4 is 0 Å². The summed E-state index contributed by atoms with van der Waals surface area (Å²) in [5.41, 5.74) is 3.53. The van der Waals surface area contributed by atoms with Crippen LogP contribution in [0.25, 0.3) is 0 Å². The normalized spacial score (nSPS) is 46.3. The van der Waals surface area contributed by atoms with Crippen LogP contribution in [0.2, 0.25) is 0 Å².